The monoisotopic (exact) mass is 368 g/mol. The second-order valence-electron chi connectivity index (χ2n) is 5.61. The Balaban J connectivity index is 1.98. The lowest BCUT2D eigenvalue weighted by Crippen LogP contribution is -2.02. The first-order chi connectivity index (χ1) is 13.0. The number of phenols is 2. The van der Waals surface area contributed by atoms with Crippen molar-refractivity contribution < 1.29 is 29.3 Å². The van der Waals surface area contributed by atoms with E-state index in [1.165, 1.54) is 43.5 Å². The average Bonchev–Trinajstić information content (AvgIpc) is 2.65. The Hall–Kier alpha value is -3.38. The number of carbonyl (C=O) groups excluding carboxylic acids is 2. The molecule has 0 amide bonds. The van der Waals surface area contributed by atoms with Crippen LogP contribution in [0.3, 0.4) is 0 Å². The van der Waals surface area contributed by atoms with Crippen molar-refractivity contribution in [3.8, 4) is 17.2 Å². The molecule has 0 saturated heterocycles. The fourth-order valence-electron chi connectivity index (χ4n) is 2.19. The zero-order chi connectivity index (χ0) is 19.6. The van der Waals surface area contributed by atoms with Crippen LogP contribution in [-0.4, -0.2) is 35.7 Å². The highest BCUT2D eigenvalue weighted by Gasteiger charge is 2.08. The molecule has 0 unspecified atom stereocenters. The van der Waals surface area contributed by atoms with E-state index in [2.05, 4.69) is 0 Å². The van der Waals surface area contributed by atoms with Gasteiger partial charge in [-0.15, -0.1) is 0 Å². The third-order valence-electron chi connectivity index (χ3n) is 3.51. The number of hydrogen-bond donors (Lipinski definition) is 2. The van der Waals surface area contributed by atoms with E-state index in [0.29, 0.717) is 11.3 Å². The van der Waals surface area contributed by atoms with Crippen molar-refractivity contribution in [2.45, 2.75) is 6.42 Å². The minimum absolute atomic E-state index is 0.00121. The van der Waals surface area contributed by atoms with Crippen molar-refractivity contribution in [2.75, 3.05) is 13.9 Å². The highest BCUT2D eigenvalue weighted by molar-refractivity contribution is 6.11. The van der Waals surface area contributed by atoms with E-state index in [-0.39, 0.29) is 30.5 Å². The van der Waals surface area contributed by atoms with Crippen molar-refractivity contribution in [1.29, 1.82) is 0 Å². The highest BCUT2D eigenvalue weighted by atomic mass is 16.7. The maximum Gasteiger partial charge on any atom is 0.188 e. The number of benzene rings is 2. The zero-order valence-corrected chi connectivity index (χ0v) is 14.8. The first kappa shape index (κ1) is 19.9. The van der Waals surface area contributed by atoms with Crippen molar-refractivity contribution >= 4 is 23.7 Å². The number of rotatable bonds is 9. The third-order valence-corrected chi connectivity index (χ3v) is 3.51. The van der Waals surface area contributed by atoms with Gasteiger partial charge in [0.15, 0.2) is 18.4 Å². The van der Waals surface area contributed by atoms with Crippen LogP contribution in [0.2, 0.25) is 0 Å². The van der Waals surface area contributed by atoms with E-state index in [0.717, 1.165) is 5.56 Å². The maximum absolute atomic E-state index is 12.0. The van der Waals surface area contributed by atoms with Gasteiger partial charge in [-0.1, -0.05) is 24.3 Å². The summed E-state index contributed by atoms with van der Waals surface area (Å²) in [5.41, 5.74) is 1.06. The van der Waals surface area contributed by atoms with E-state index < -0.39 is 5.78 Å². The van der Waals surface area contributed by atoms with Gasteiger partial charge >= 0.3 is 0 Å². The average molecular weight is 368 g/mol. The third kappa shape index (κ3) is 6.45. The molecule has 0 spiro atoms. The Kier molecular flexibility index (Phi) is 7.34. The number of phenolic OH excluding ortho intramolecular Hbond substituents is 2. The summed E-state index contributed by atoms with van der Waals surface area (Å²) in [7, 11) is 1.47. The van der Waals surface area contributed by atoms with Gasteiger partial charge < -0.3 is 19.7 Å². The van der Waals surface area contributed by atoms with E-state index in [9.17, 15) is 19.8 Å². The quantitative estimate of drug-likeness (QED) is 0.401. The Morgan fingerprint density at radius 2 is 1.63 bits per heavy atom. The number of allylic oxidation sites excluding steroid dienone is 2. The molecule has 0 aliphatic carbocycles. The van der Waals surface area contributed by atoms with Gasteiger partial charge in [-0.3, -0.25) is 9.59 Å². The van der Waals surface area contributed by atoms with Crippen molar-refractivity contribution in [1.82, 2.24) is 0 Å². The van der Waals surface area contributed by atoms with Crippen LogP contribution in [0.5, 0.6) is 17.2 Å². The van der Waals surface area contributed by atoms with E-state index in [4.69, 9.17) is 9.47 Å². The van der Waals surface area contributed by atoms with Gasteiger partial charge in [0.25, 0.3) is 0 Å². The SMILES string of the molecule is COCOc1cccc(O)c1/C=C/C(=O)CC(=O)/C=C/c1ccc(O)cc1. The lowest BCUT2D eigenvalue weighted by molar-refractivity contribution is -0.121. The molecule has 0 bridgehead atoms. The summed E-state index contributed by atoms with van der Waals surface area (Å²) < 4.78 is 10.2. The summed E-state index contributed by atoms with van der Waals surface area (Å²) in [5.74, 6) is -0.315. The van der Waals surface area contributed by atoms with Gasteiger partial charge in [-0.2, -0.15) is 0 Å². The normalized spacial score (nSPS) is 11.1. The van der Waals surface area contributed by atoms with Gasteiger partial charge in [0.2, 0.25) is 0 Å². The standard InChI is InChI=1S/C21H20O6/c1-26-14-27-21-4-2-3-20(25)19(21)12-11-18(24)13-17(23)10-7-15-5-8-16(22)9-6-15/h2-12,22,25H,13-14H2,1H3/b10-7+,12-11+. The predicted octanol–water partition coefficient (Wildman–Crippen LogP) is 3.34. The van der Waals surface area contributed by atoms with Gasteiger partial charge in [0.1, 0.15) is 17.2 Å². The molecule has 27 heavy (non-hydrogen) atoms. The van der Waals surface area contributed by atoms with E-state index >= 15 is 0 Å². The molecule has 0 aliphatic heterocycles. The molecule has 6 nitrogen and oxygen atoms in total. The summed E-state index contributed by atoms with van der Waals surface area (Å²) in [6.45, 7) is -0.00121. The number of methoxy groups -OCH3 is 1. The van der Waals surface area contributed by atoms with Crippen LogP contribution in [-0.2, 0) is 14.3 Å². The topological polar surface area (TPSA) is 93.1 Å². The van der Waals surface area contributed by atoms with Gasteiger partial charge in [-0.05, 0) is 48.1 Å². The smallest absolute Gasteiger partial charge is 0.188 e. The molecule has 2 aromatic carbocycles. The van der Waals surface area contributed by atoms with E-state index in [1.54, 1.807) is 30.3 Å². The largest absolute Gasteiger partial charge is 0.508 e. The summed E-state index contributed by atoms with van der Waals surface area (Å²) in [4.78, 5) is 23.9. The molecule has 6 heteroatoms. The molecular formula is C21H20O6. The molecule has 0 radical (unpaired) electrons. The van der Waals surface area contributed by atoms with Crippen LogP contribution in [0.4, 0.5) is 0 Å². The molecule has 140 valence electrons. The van der Waals surface area contributed by atoms with Crippen LogP contribution < -0.4 is 4.74 Å². The highest BCUT2D eigenvalue weighted by Crippen LogP contribution is 2.29. The molecule has 0 atom stereocenters. The zero-order valence-electron chi connectivity index (χ0n) is 14.8. The second kappa shape index (κ2) is 9.94. The minimum Gasteiger partial charge on any atom is -0.508 e. The predicted molar refractivity (Wildman–Crippen MR) is 101 cm³/mol. The molecule has 0 aliphatic rings. The molecule has 0 aromatic heterocycles. The minimum atomic E-state index is -0.406. The molecule has 2 rings (SSSR count). The number of ether oxygens (including phenoxy) is 2. The fourth-order valence-corrected chi connectivity index (χ4v) is 2.19. The summed E-state index contributed by atoms with van der Waals surface area (Å²) in [5, 5.41) is 19.2. The number of hydrogen-bond acceptors (Lipinski definition) is 6. The van der Waals surface area contributed by atoms with Crippen LogP contribution in [0, 0.1) is 0 Å². The Morgan fingerprint density at radius 1 is 0.963 bits per heavy atom. The van der Waals surface area contributed by atoms with Crippen LogP contribution >= 0.6 is 0 Å². The summed E-state index contributed by atoms with van der Waals surface area (Å²) in [6.07, 6.45) is 5.21. The lowest BCUT2D eigenvalue weighted by Gasteiger charge is -2.09. The lowest BCUT2D eigenvalue weighted by atomic mass is 10.1. The Morgan fingerprint density at radius 3 is 2.30 bits per heavy atom. The van der Waals surface area contributed by atoms with Gasteiger partial charge in [-0.25, -0.2) is 0 Å². The number of aromatic hydroxyl groups is 2. The number of ketones is 2. The fraction of sp³-hybridized carbons (Fsp3) is 0.143. The van der Waals surface area contributed by atoms with Crippen molar-refractivity contribution in [3.63, 3.8) is 0 Å². The number of carbonyl (C=O) groups is 2. The maximum atomic E-state index is 12.0. The second-order valence-corrected chi connectivity index (χ2v) is 5.61. The summed E-state index contributed by atoms with van der Waals surface area (Å²) in [6, 6.07) is 11.0. The molecular weight excluding hydrogens is 348 g/mol. The van der Waals surface area contributed by atoms with Gasteiger partial charge in [0.05, 0.1) is 12.0 Å². The first-order valence-corrected chi connectivity index (χ1v) is 8.14. The molecule has 2 N–H and O–H groups in total. The van der Waals surface area contributed by atoms with Crippen LogP contribution in [0.1, 0.15) is 17.5 Å². The van der Waals surface area contributed by atoms with Gasteiger partial charge in [0, 0.05) is 7.11 Å². The summed E-state index contributed by atoms with van der Waals surface area (Å²) >= 11 is 0. The molecule has 2 aromatic rings. The molecule has 0 saturated carbocycles. The first-order valence-electron chi connectivity index (χ1n) is 8.14. The van der Waals surface area contributed by atoms with Crippen LogP contribution in [0.25, 0.3) is 12.2 Å². The van der Waals surface area contributed by atoms with Crippen LogP contribution in [0.15, 0.2) is 54.6 Å². The van der Waals surface area contributed by atoms with Crippen molar-refractivity contribution in [2.24, 2.45) is 0 Å². The molecule has 0 heterocycles. The van der Waals surface area contributed by atoms with E-state index in [1.807, 2.05) is 0 Å². The Labute approximate surface area is 157 Å². The Bertz CT molecular complexity index is 849. The molecule has 0 fully saturated rings. The van der Waals surface area contributed by atoms with Crippen molar-refractivity contribution in [3.05, 3.63) is 65.7 Å².